The zero-order chi connectivity index (χ0) is 25.0. The lowest BCUT2D eigenvalue weighted by Gasteiger charge is -2.45. The van der Waals surface area contributed by atoms with Gasteiger partial charge in [-0.25, -0.2) is 17.2 Å². The third-order valence-corrected chi connectivity index (χ3v) is 8.22. The summed E-state index contributed by atoms with van der Waals surface area (Å²) < 4.78 is 130. The minimum absolute atomic E-state index is 0.173. The van der Waals surface area contributed by atoms with Crippen LogP contribution in [0.5, 0.6) is 0 Å². The molecule has 0 aliphatic heterocycles. The van der Waals surface area contributed by atoms with Crippen LogP contribution in [0, 0.1) is 11.7 Å². The number of carboxylic acids is 1. The molecule has 0 saturated heterocycles. The number of halogens is 8. The van der Waals surface area contributed by atoms with Gasteiger partial charge in [0.1, 0.15) is 10.6 Å². The number of hydrogen-bond donors (Lipinski definition) is 1. The first-order chi connectivity index (χ1) is 15.0. The Kier molecular flexibility index (Phi) is 5.80. The normalized spacial score (nSPS) is 22.0. The summed E-state index contributed by atoms with van der Waals surface area (Å²) in [4.78, 5) is 10.8. The highest BCUT2D eigenvalue weighted by Crippen LogP contribution is 2.56. The fourth-order valence-electron chi connectivity index (χ4n) is 3.85. The van der Waals surface area contributed by atoms with Gasteiger partial charge in [-0.15, -0.1) is 0 Å². The van der Waals surface area contributed by atoms with Gasteiger partial charge in [0.25, 0.3) is 0 Å². The van der Waals surface area contributed by atoms with E-state index in [4.69, 9.17) is 0 Å². The van der Waals surface area contributed by atoms with Crippen molar-refractivity contribution in [3.63, 3.8) is 0 Å². The molecule has 0 unspecified atom stereocenters. The van der Waals surface area contributed by atoms with Crippen molar-refractivity contribution < 1.29 is 53.4 Å². The fraction of sp³-hybridized carbons (Fsp3) is 0.350. The van der Waals surface area contributed by atoms with E-state index >= 15 is 0 Å². The van der Waals surface area contributed by atoms with Crippen LogP contribution in [-0.2, 0) is 25.0 Å². The van der Waals surface area contributed by atoms with Crippen LogP contribution >= 0.6 is 0 Å². The van der Waals surface area contributed by atoms with Gasteiger partial charge < -0.3 is 5.11 Å². The molecule has 0 spiro atoms. The molecular formula is C20H14F8O4S. The molecule has 0 aromatic heterocycles. The van der Waals surface area contributed by atoms with Crippen LogP contribution in [0.4, 0.5) is 35.1 Å². The number of aliphatic carboxylic acids is 1. The van der Waals surface area contributed by atoms with E-state index in [2.05, 4.69) is 0 Å². The van der Waals surface area contributed by atoms with E-state index in [9.17, 15) is 53.4 Å². The van der Waals surface area contributed by atoms with Crippen molar-refractivity contribution in [3.05, 3.63) is 65.5 Å². The first kappa shape index (κ1) is 24.9. The van der Waals surface area contributed by atoms with Crippen molar-refractivity contribution in [1.82, 2.24) is 0 Å². The third-order valence-electron chi connectivity index (χ3n) is 5.73. The van der Waals surface area contributed by atoms with Gasteiger partial charge in [0.05, 0.1) is 10.8 Å². The van der Waals surface area contributed by atoms with Gasteiger partial charge in [0, 0.05) is 5.56 Å². The van der Waals surface area contributed by atoms with Gasteiger partial charge in [0.2, 0.25) is 0 Å². The van der Waals surface area contributed by atoms with Crippen LogP contribution in [0.1, 0.15) is 24.0 Å². The molecule has 4 nitrogen and oxygen atoms in total. The van der Waals surface area contributed by atoms with Gasteiger partial charge in [-0.2, -0.15) is 26.3 Å². The molecule has 1 aliphatic rings. The second-order valence-electron chi connectivity index (χ2n) is 7.63. The van der Waals surface area contributed by atoms with Crippen molar-refractivity contribution in [2.45, 2.75) is 40.5 Å². The molecule has 1 saturated carbocycles. The van der Waals surface area contributed by atoms with Crippen molar-refractivity contribution in [1.29, 1.82) is 0 Å². The van der Waals surface area contributed by atoms with Crippen molar-refractivity contribution in [2.75, 3.05) is 0 Å². The van der Waals surface area contributed by atoms with Crippen LogP contribution in [-0.4, -0.2) is 31.8 Å². The summed E-state index contributed by atoms with van der Waals surface area (Å²) in [7, 11) is -4.47. The lowest BCUT2D eigenvalue weighted by atomic mass is 9.70. The Bertz CT molecular complexity index is 1130. The quantitative estimate of drug-likeness (QED) is 0.446. The number of carbonyl (C=O) groups is 1. The summed E-state index contributed by atoms with van der Waals surface area (Å²) in [6.07, 6.45) is -13.8. The molecule has 2 aromatic rings. The maximum absolute atomic E-state index is 14.3. The predicted molar refractivity (Wildman–Crippen MR) is 97.0 cm³/mol. The Hall–Kier alpha value is -2.70. The van der Waals surface area contributed by atoms with E-state index < -0.39 is 73.6 Å². The topological polar surface area (TPSA) is 71.4 Å². The summed E-state index contributed by atoms with van der Waals surface area (Å²) in [6.45, 7) is 0. The maximum Gasteiger partial charge on any atom is 0.435 e. The number of rotatable bonds is 5. The van der Waals surface area contributed by atoms with E-state index in [1.807, 2.05) is 0 Å². The summed E-state index contributed by atoms with van der Waals surface area (Å²) in [5.74, 6) is -3.29. The van der Waals surface area contributed by atoms with E-state index in [1.165, 1.54) is 0 Å². The molecule has 0 heterocycles. The monoisotopic (exact) mass is 502 g/mol. The van der Waals surface area contributed by atoms with E-state index in [1.54, 1.807) is 0 Å². The number of carboxylic acid groups (broad SMARTS) is 1. The lowest BCUT2D eigenvalue weighted by molar-refractivity contribution is -0.348. The van der Waals surface area contributed by atoms with Crippen molar-refractivity contribution in [2.24, 2.45) is 5.92 Å². The van der Waals surface area contributed by atoms with Crippen LogP contribution in [0.3, 0.4) is 0 Å². The molecule has 13 heteroatoms. The van der Waals surface area contributed by atoms with Crippen LogP contribution in [0.2, 0.25) is 0 Å². The van der Waals surface area contributed by atoms with Gasteiger partial charge in [0.15, 0.2) is 9.84 Å². The Labute approximate surface area is 181 Å². The third kappa shape index (κ3) is 3.75. The molecule has 3 rings (SSSR count). The zero-order valence-corrected chi connectivity index (χ0v) is 17.0. The Morgan fingerprint density at radius 2 is 1.30 bits per heavy atom. The maximum atomic E-state index is 14.3. The van der Waals surface area contributed by atoms with Crippen LogP contribution in [0.25, 0.3) is 0 Å². The van der Waals surface area contributed by atoms with Gasteiger partial charge in [-0.05, 0) is 42.7 Å². The predicted octanol–water partition coefficient (Wildman–Crippen LogP) is 5.28. The Morgan fingerprint density at radius 1 is 0.848 bits per heavy atom. The summed E-state index contributed by atoms with van der Waals surface area (Å²) in [5.41, 5.74) is -7.83. The molecule has 1 fully saturated rings. The minimum Gasteiger partial charge on any atom is -0.481 e. The van der Waals surface area contributed by atoms with Gasteiger partial charge in [-0.3, -0.25) is 4.79 Å². The molecule has 0 atom stereocenters. The first-order valence-electron chi connectivity index (χ1n) is 9.14. The number of sulfone groups is 1. The average molecular weight is 502 g/mol. The second kappa shape index (κ2) is 7.67. The number of hydrogen-bond acceptors (Lipinski definition) is 3. The molecule has 1 N–H and O–H groups in total. The molecule has 0 amide bonds. The fourth-order valence-corrected chi connectivity index (χ4v) is 6.09. The van der Waals surface area contributed by atoms with Crippen LogP contribution < -0.4 is 0 Å². The zero-order valence-electron chi connectivity index (χ0n) is 16.2. The van der Waals surface area contributed by atoms with E-state index in [-0.39, 0.29) is 17.7 Å². The molecular weight excluding hydrogens is 488 g/mol. The highest BCUT2D eigenvalue weighted by atomic mass is 32.2. The Morgan fingerprint density at radius 3 is 1.70 bits per heavy atom. The summed E-state index contributed by atoms with van der Waals surface area (Å²) in [5, 5.41) is 9.17. The average Bonchev–Trinajstić information content (AvgIpc) is 2.65. The Balaban J connectivity index is 2.13. The molecule has 2 aromatic carbocycles. The van der Waals surface area contributed by atoms with Gasteiger partial charge >= 0.3 is 24.0 Å². The first-order valence-corrected chi connectivity index (χ1v) is 10.6. The van der Waals surface area contributed by atoms with Crippen LogP contribution in [0.15, 0.2) is 53.4 Å². The molecule has 33 heavy (non-hydrogen) atoms. The largest absolute Gasteiger partial charge is 0.481 e. The van der Waals surface area contributed by atoms with Gasteiger partial charge in [-0.1, -0.05) is 24.3 Å². The minimum atomic E-state index is -6.35. The smallest absolute Gasteiger partial charge is 0.435 e. The van der Waals surface area contributed by atoms with Crippen molar-refractivity contribution in [3.8, 4) is 0 Å². The van der Waals surface area contributed by atoms with E-state index in [0.29, 0.717) is 12.1 Å². The molecule has 0 bridgehead atoms. The number of benzene rings is 2. The number of alkyl halides is 7. The summed E-state index contributed by atoms with van der Waals surface area (Å²) >= 11 is 0. The summed E-state index contributed by atoms with van der Waals surface area (Å²) in [6, 6.07) is 4.98. The molecule has 0 radical (unpaired) electrons. The molecule has 1 aliphatic carbocycles. The standard InChI is InChI=1S/C20H14F8O4S/c21-14-5-7-15(8-6-14)33(31,32)17(9-11(10-17)16(29)30)12-1-3-13(4-2-12)18(22,19(23,24)25)20(26,27)28/h1-8,11H,9-10H2,(H,29,30). The van der Waals surface area contributed by atoms with E-state index in [0.717, 1.165) is 24.3 Å². The van der Waals surface area contributed by atoms with Crippen molar-refractivity contribution >= 4 is 15.8 Å². The second-order valence-corrected chi connectivity index (χ2v) is 9.89. The lowest BCUT2D eigenvalue weighted by Crippen LogP contribution is -2.51. The molecule has 180 valence electrons. The highest BCUT2D eigenvalue weighted by molar-refractivity contribution is 7.92. The highest BCUT2D eigenvalue weighted by Gasteiger charge is 2.73. The SMILES string of the molecule is O=C(O)C1CC(c2ccc(C(F)(C(F)(F)F)C(F)(F)F)cc2)(S(=O)(=O)c2ccc(F)cc2)C1.